The highest BCUT2D eigenvalue weighted by Crippen LogP contribution is 2.30. The lowest BCUT2D eigenvalue weighted by molar-refractivity contribution is 0.415. The van der Waals surface area contributed by atoms with Crippen molar-refractivity contribution in [1.82, 2.24) is 4.98 Å². The van der Waals surface area contributed by atoms with Crippen LogP contribution in [-0.2, 0) is 0 Å². The third-order valence-electron chi connectivity index (χ3n) is 2.00. The van der Waals surface area contributed by atoms with E-state index in [2.05, 4.69) is 20.9 Å². The molecule has 0 saturated carbocycles. The Morgan fingerprint density at radius 2 is 2.14 bits per heavy atom. The standard InChI is InChI=1S/C10H7BrClNO/c1-14-6-2-3-7-8(4-6)9(11)5-13-10(7)12/h2-5H,1H3. The second-order valence-corrected chi connectivity index (χ2v) is 4.02. The van der Waals surface area contributed by atoms with Crippen LogP contribution in [0.5, 0.6) is 5.75 Å². The van der Waals surface area contributed by atoms with Gasteiger partial charge in [-0.1, -0.05) is 11.6 Å². The highest BCUT2D eigenvalue weighted by atomic mass is 79.9. The molecule has 1 aromatic carbocycles. The van der Waals surface area contributed by atoms with Crippen LogP contribution in [0.25, 0.3) is 10.8 Å². The van der Waals surface area contributed by atoms with E-state index in [9.17, 15) is 0 Å². The first-order valence-corrected chi connectivity index (χ1v) is 5.17. The van der Waals surface area contributed by atoms with Gasteiger partial charge in [-0.25, -0.2) is 4.98 Å². The summed E-state index contributed by atoms with van der Waals surface area (Å²) in [6, 6.07) is 5.68. The molecule has 0 atom stereocenters. The number of halogens is 2. The smallest absolute Gasteiger partial charge is 0.136 e. The third-order valence-corrected chi connectivity index (χ3v) is 2.93. The summed E-state index contributed by atoms with van der Waals surface area (Å²) in [7, 11) is 1.64. The topological polar surface area (TPSA) is 22.1 Å². The Labute approximate surface area is 95.0 Å². The number of ether oxygens (including phenoxy) is 1. The first-order chi connectivity index (χ1) is 6.72. The second-order valence-electron chi connectivity index (χ2n) is 2.81. The molecule has 1 aromatic heterocycles. The minimum absolute atomic E-state index is 0.505. The van der Waals surface area contributed by atoms with Gasteiger partial charge < -0.3 is 4.74 Å². The van der Waals surface area contributed by atoms with Crippen molar-refractivity contribution in [1.29, 1.82) is 0 Å². The fourth-order valence-corrected chi connectivity index (χ4v) is 1.92. The number of aromatic nitrogens is 1. The highest BCUT2D eigenvalue weighted by molar-refractivity contribution is 9.10. The van der Waals surface area contributed by atoms with Crippen LogP contribution >= 0.6 is 27.5 Å². The summed E-state index contributed by atoms with van der Waals surface area (Å²) in [5, 5.41) is 2.43. The number of hydrogen-bond acceptors (Lipinski definition) is 2. The normalized spacial score (nSPS) is 10.5. The molecular formula is C10H7BrClNO. The number of fused-ring (bicyclic) bond motifs is 1. The van der Waals surface area contributed by atoms with Crippen LogP contribution in [0.15, 0.2) is 28.9 Å². The SMILES string of the molecule is COc1ccc2c(Cl)ncc(Br)c2c1. The minimum Gasteiger partial charge on any atom is -0.497 e. The zero-order chi connectivity index (χ0) is 10.1. The van der Waals surface area contributed by atoms with Crippen molar-refractivity contribution >= 4 is 38.3 Å². The molecule has 0 spiro atoms. The van der Waals surface area contributed by atoms with Gasteiger partial charge in [0.05, 0.1) is 7.11 Å². The van der Waals surface area contributed by atoms with Gasteiger partial charge in [0.2, 0.25) is 0 Å². The minimum atomic E-state index is 0.505. The molecule has 0 radical (unpaired) electrons. The van der Waals surface area contributed by atoms with Crippen LogP contribution in [-0.4, -0.2) is 12.1 Å². The molecule has 1 heterocycles. The Kier molecular flexibility index (Phi) is 2.61. The summed E-state index contributed by atoms with van der Waals surface area (Å²) in [4.78, 5) is 4.04. The van der Waals surface area contributed by atoms with Gasteiger partial charge in [-0.15, -0.1) is 0 Å². The van der Waals surface area contributed by atoms with E-state index in [-0.39, 0.29) is 0 Å². The molecule has 4 heteroatoms. The molecule has 0 aliphatic carbocycles. The summed E-state index contributed by atoms with van der Waals surface area (Å²) < 4.78 is 6.05. The van der Waals surface area contributed by atoms with E-state index in [0.29, 0.717) is 5.15 Å². The lowest BCUT2D eigenvalue weighted by Crippen LogP contribution is -1.85. The van der Waals surface area contributed by atoms with Gasteiger partial charge in [0.25, 0.3) is 0 Å². The number of hydrogen-bond donors (Lipinski definition) is 0. The maximum absolute atomic E-state index is 5.95. The Morgan fingerprint density at radius 3 is 2.86 bits per heavy atom. The molecule has 2 nitrogen and oxygen atoms in total. The summed E-state index contributed by atoms with van der Waals surface area (Å²) >= 11 is 9.37. The monoisotopic (exact) mass is 271 g/mol. The third kappa shape index (κ3) is 1.57. The first kappa shape index (κ1) is 9.74. The van der Waals surface area contributed by atoms with Gasteiger partial charge in [-0.05, 0) is 34.1 Å². The molecule has 0 unspecified atom stereocenters. The summed E-state index contributed by atoms with van der Waals surface area (Å²) in [5.41, 5.74) is 0. The quantitative estimate of drug-likeness (QED) is 0.739. The molecule has 0 aliphatic rings. The van der Waals surface area contributed by atoms with Gasteiger partial charge in [0, 0.05) is 21.4 Å². The molecule has 0 fully saturated rings. The van der Waals surface area contributed by atoms with Gasteiger partial charge in [-0.3, -0.25) is 0 Å². The van der Waals surface area contributed by atoms with Gasteiger partial charge in [-0.2, -0.15) is 0 Å². The Morgan fingerprint density at radius 1 is 1.36 bits per heavy atom. The molecule has 0 N–H and O–H groups in total. The summed E-state index contributed by atoms with van der Waals surface area (Å²) in [6.07, 6.45) is 1.68. The highest BCUT2D eigenvalue weighted by Gasteiger charge is 2.04. The number of methoxy groups -OCH3 is 1. The molecule has 2 aromatic rings. The van der Waals surface area contributed by atoms with Crippen LogP contribution in [0.1, 0.15) is 0 Å². The van der Waals surface area contributed by atoms with Crippen LogP contribution in [0.2, 0.25) is 5.15 Å². The van der Waals surface area contributed by atoms with Crippen LogP contribution in [0.4, 0.5) is 0 Å². The maximum Gasteiger partial charge on any atom is 0.136 e. The molecule has 0 aliphatic heterocycles. The van der Waals surface area contributed by atoms with Crippen LogP contribution < -0.4 is 4.74 Å². The zero-order valence-electron chi connectivity index (χ0n) is 7.42. The molecular weight excluding hydrogens is 265 g/mol. The van der Waals surface area contributed by atoms with Crippen LogP contribution in [0.3, 0.4) is 0 Å². The van der Waals surface area contributed by atoms with Gasteiger partial charge in [0.15, 0.2) is 0 Å². The number of rotatable bonds is 1. The molecule has 0 amide bonds. The van der Waals surface area contributed by atoms with Crippen molar-refractivity contribution in [3.05, 3.63) is 34.0 Å². The summed E-state index contributed by atoms with van der Waals surface area (Å²) in [5.74, 6) is 0.806. The molecule has 0 bridgehead atoms. The van der Waals surface area contributed by atoms with Crippen molar-refractivity contribution in [2.24, 2.45) is 0 Å². The summed E-state index contributed by atoms with van der Waals surface area (Å²) in [6.45, 7) is 0. The van der Waals surface area contributed by atoms with E-state index >= 15 is 0 Å². The fourth-order valence-electron chi connectivity index (χ4n) is 1.28. The largest absolute Gasteiger partial charge is 0.497 e. The average molecular weight is 273 g/mol. The lowest BCUT2D eigenvalue weighted by Gasteiger charge is -2.04. The number of nitrogens with zero attached hydrogens (tertiary/aromatic N) is 1. The number of pyridine rings is 1. The number of benzene rings is 1. The van der Waals surface area contributed by atoms with Crippen molar-refractivity contribution in [2.75, 3.05) is 7.11 Å². The van der Waals surface area contributed by atoms with Crippen molar-refractivity contribution < 1.29 is 4.74 Å². The van der Waals surface area contributed by atoms with E-state index in [1.165, 1.54) is 0 Å². The maximum atomic E-state index is 5.95. The zero-order valence-corrected chi connectivity index (χ0v) is 9.76. The molecule has 72 valence electrons. The van der Waals surface area contributed by atoms with E-state index < -0.39 is 0 Å². The van der Waals surface area contributed by atoms with Crippen LogP contribution in [0, 0.1) is 0 Å². The first-order valence-electron chi connectivity index (χ1n) is 4.00. The van der Waals surface area contributed by atoms with Crippen molar-refractivity contribution in [2.45, 2.75) is 0 Å². The Hall–Kier alpha value is -0.800. The van der Waals surface area contributed by atoms with Crippen molar-refractivity contribution in [3.8, 4) is 5.75 Å². The fraction of sp³-hybridized carbons (Fsp3) is 0.100. The Balaban J connectivity index is 2.80. The average Bonchev–Trinajstić information content (AvgIpc) is 2.23. The molecule has 2 rings (SSSR count). The van der Waals surface area contributed by atoms with Gasteiger partial charge in [0.1, 0.15) is 10.9 Å². The van der Waals surface area contributed by atoms with E-state index in [1.807, 2.05) is 18.2 Å². The van der Waals surface area contributed by atoms with Gasteiger partial charge >= 0.3 is 0 Å². The lowest BCUT2D eigenvalue weighted by atomic mass is 10.2. The van der Waals surface area contributed by atoms with E-state index in [4.69, 9.17) is 16.3 Å². The predicted molar refractivity (Wildman–Crippen MR) is 61.0 cm³/mol. The second kappa shape index (κ2) is 3.75. The molecule has 0 saturated heterocycles. The molecule has 14 heavy (non-hydrogen) atoms. The van der Waals surface area contributed by atoms with E-state index in [1.54, 1.807) is 13.3 Å². The Bertz CT molecular complexity index is 487. The van der Waals surface area contributed by atoms with Crippen molar-refractivity contribution in [3.63, 3.8) is 0 Å². The van der Waals surface area contributed by atoms with E-state index in [0.717, 1.165) is 21.0 Å². The predicted octanol–water partition coefficient (Wildman–Crippen LogP) is 3.66.